The van der Waals surface area contributed by atoms with Crippen LogP contribution in [-0.2, 0) is 10.0 Å². The first-order chi connectivity index (χ1) is 16.2. The zero-order valence-corrected chi connectivity index (χ0v) is 20.9. The van der Waals surface area contributed by atoms with Gasteiger partial charge in [0.15, 0.2) is 0 Å². The lowest BCUT2D eigenvalue weighted by atomic mass is 9.99. The van der Waals surface area contributed by atoms with Crippen LogP contribution in [0.15, 0.2) is 47.4 Å². The van der Waals surface area contributed by atoms with E-state index in [-0.39, 0.29) is 10.5 Å². The summed E-state index contributed by atoms with van der Waals surface area (Å²) in [6.07, 6.45) is 5.88. The molecule has 7 nitrogen and oxygen atoms in total. The predicted molar refractivity (Wildman–Crippen MR) is 135 cm³/mol. The standard InChI is InChI=1S/C26H35N3O4S/c1-19(2)20-6-9-23(10-7-20)34(32,33)27-24-18-21(26(30)31)8-11-25(24)29-16-12-22(13-17-29)28-14-4-3-5-15-28/h6-11,18-19,22,27H,3-5,12-17H2,1-2H3,(H,30,31). The van der Waals surface area contributed by atoms with Crippen molar-refractivity contribution < 1.29 is 18.3 Å². The first kappa shape index (κ1) is 24.5. The molecule has 0 aromatic heterocycles. The smallest absolute Gasteiger partial charge is 0.335 e. The monoisotopic (exact) mass is 485 g/mol. The van der Waals surface area contributed by atoms with E-state index in [2.05, 4.69) is 28.4 Å². The molecule has 2 N–H and O–H groups in total. The molecule has 0 unspecified atom stereocenters. The number of sulfonamides is 1. The number of nitrogens with one attached hydrogen (secondary N) is 1. The third-order valence-electron chi connectivity index (χ3n) is 7.06. The van der Waals surface area contributed by atoms with E-state index in [0.29, 0.717) is 17.6 Å². The van der Waals surface area contributed by atoms with Crippen molar-refractivity contribution in [3.8, 4) is 0 Å². The summed E-state index contributed by atoms with van der Waals surface area (Å²) in [4.78, 5) is 16.5. The van der Waals surface area contributed by atoms with Gasteiger partial charge in [-0.3, -0.25) is 4.72 Å². The van der Waals surface area contributed by atoms with Crippen LogP contribution in [0, 0.1) is 0 Å². The minimum absolute atomic E-state index is 0.0554. The van der Waals surface area contributed by atoms with Gasteiger partial charge < -0.3 is 14.9 Å². The second kappa shape index (κ2) is 10.4. The molecular formula is C26H35N3O4S. The molecule has 2 aromatic rings. The maximum atomic E-state index is 13.2. The summed E-state index contributed by atoms with van der Waals surface area (Å²) in [5, 5.41) is 9.49. The van der Waals surface area contributed by atoms with Gasteiger partial charge in [-0.15, -0.1) is 0 Å². The van der Waals surface area contributed by atoms with E-state index in [9.17, 15) is 18.3 Å². The highest BCUT2D eigenvalue weighted by molar-refractivity contribution is 7.92. The number of carboxylic acids is 1. The summed E-state index contributed by atoms with van der Waals surface area (Å²) >= 11 is 0. The highest BCUT2D eigenvalue weighted by Gasteiger charge is 2.28. The summed E-state index contributed by atoms with van der Waals surface area (Å²) < 4.78 is 29.0. The van der Waals surface area contributed by atoms with Gasteiger partial charge in [-0.25, -0.2) is 13.2 Å². The highest BCUT2D eigenvalue weighted by Crippen LogP contribution is 2.33. The van der Waals surface area contributed by atoms with Gasteiger partial charge in [-0.1, -0.05) is 32.4 Å². The first-order valence-electron chi connectivity index (χ1n) is 12.2. The molecule has 0 saturated carbocycles. The van der Waals surface area contributed by atoms with Crippen LogP contribution in [0.25, 0.3) is 0 Å². The first-order valence-corrected chi connectivity index (χ1v) is 13.7. The minimum Gasteiger partial charge on any atom is -0.478 e. The van der Waals surface area contributed by atoms with Crippen LogP contribution < -0.4 is 9.62 Å². The zero-order valence-electron chi connectivity index (χ0n) is 20.0. The number of aromatic carboxylic acids is 1. The van der Waals surface area contributed by atoms with E-state index in [1.165, 1.54) is 38.4 Å². The molecule has 0 spiro atoms. The molecule has 2 heterocycles. The molecule has 34 heavy (non-hydrogen) atoms. The molecule has 8 heteroatoms. The summed E-state index contributed by atoms with van der Waals surface area (Å²) in [6.45, 7) is 8.06. The van der Waals surface area contributed by atoms with E-state index >= 15 is 0 Å². The molecule has 0 bridgehead atoms. The Morgan fingerprint density at radius 1 is 0.971 bits per heavy atom. The average molecular weight is 486 g/mol. The third-order valence-corrected chi connectivity index (χ3v) is 8.44. The molecule has 2 saturated heterocycles. The number of nitrogens with zero attached hydrogens (tertiary/aromatic N) is 2. The van der Waals surface area contributed by atoms with Gasteiger partial charge in [0, 0.05) is 19.1 Å². The second-order valence-corrected chi connectivity index (χ2v) is 11.4. The van der Waals surface area contributed by atoms with Gasteiger partial charge in [0.25, 0.3) is 10.0 Å². The van der Waals surface area contributed by atoms with Gasteiger partial charge in [0.05, 0.1) is 21.8 Å². The summed E-state index contributed by atoms with van der Waals surface area (Å²) in [7, 11) is -3.87. The van der Waals surface area contributed by atoms with Crippen molar-refractivity contribution >= 4 is 27.4 Å². The molecule has 2 fully saturated rings. The number of hydrogen-bond acceptors (Lipinski definition) is 5. The summed E-state index contributed by atoms with van der Waals surface area (Å²) in [5.41, 5.74) is 2.15. The van der Waals surface area contributed by atoms with E-state index in [0.717, 1.165) is 37.2 Å². The predicted octanol–water partition coefficient (Wildman–Crippen LogP) is 4.76. The van der Waals surface area contributed by atoms with Crippen molar-refractivity contribution in [2.45, 2.75) is 62.8 Å². The fraction of sp³-hybridized carbons (Fsp3) is 0.500. The molecule has 4 rings (SSSR count). The lowest BCUT2D eigenvalue weighted by molar-refractivity contribution is 0.0697. The molecule has 0 atom stereocenters. The minimum atomic E-state index is -3.87. The fourth-order valence-corrected chi connectivity index (χ4v) is 6.08. The SMILES string of the molecule is CC(C)c1ccc(S(=O)(=O)Nc2cc(C(=O)O)ccc2N2CCC(N3CCCCC3)CC2)cc1. The van der Waals surface area contributed by atoms with Crippen molar-refractivity contribution in [1.29, 1.82) is 0 Å². The number of likely N-dealkylation sites (tertiary alicyclic amines) is 1. The molecule has 2 aliphatic heterocycles. The molecule has 0 radical (unpaired) electrons. The Morgan fingerprint density at radius 3 is 2.21 bits per heavy atom. The summed E-state index contributed by atoms with van der Waals surface area (Å²) in [5.74, 6) is -0.784. The lowest BCUT2D eigenvalue weighted by Crippen LogP contribution is -2.46. The Labute approximate surface area is 202 Å². The van der Waals surface area contributed by atoms with E-state index in [1.54, 1.807) is 24.3 Å². The number of carboxylic acid groups (broad SMARTS) is 1. The number of hydrogen-bond donors (Lipinski definition) is 2. The van der Waals surface area contributed by atoms with Crippen LogP contribution in [0.3, 0.4) is 0 Å². The van der Waals surface area contributed by atoms with Gasteiger partial charge in [0.1, 0.15) is 0 Å². The second-order valence-electron chi connectivity index (χ2n) is 9.68. The van der Waals surface area contributed by atoms with Gasteiger partial charge in [-0.2, -0.15) is 0 Å². The van der Waals surface area contributed by atoms with Crippen LogP contribution in [0.1, 0.15) is 67.8 Å². The number of benzene rings is 2. The molecule has 184 valence electrons. The van der Waals surface area contributed by atoms with Crippen molar-refractivity contribution in [2.75, 3.05) is 35.8 Å². The number of piperidine rings is 2. The Hall–Kier alpha value is -2.58. The Bertz CT molecular complexity index is 1100. The van der Waals surface area contributed by atoms with Crippen LogP contribution >= 0.6 is 0 Å². The van der Waals surface area contributed by atoms with Crippen LogP contribution in [0.5, 0.6) is 0 Å². The van der Waals surface area contributed by atoms with Crippen molar-refractivity contribution in [2.24, 2.45) is 0 Å². The van der Waals surface area contributed by atoms with Crippen LogP contribution in [0.2, 0.25) is 0 Å². The molecule has 0 aliphatic carbocycles. The quantitative estimate of drug-likeness (QED) is 0.588. The van der Waals surface area contributed by atoms with Crippen molar-refractivity contribution in [3.05, 3.63) is 53.6 Å². The Morgan fingerprint density at radius 2 is 1.62 bits per heavy atom. The van der Waals surface area contributed by atoms with Crippen LogP contribution in [-0.4, -0.2) is 56.6 Å². The summed E-state index contributed by atoms with van der Waals surface area (Å²) in [6, 6.07) is 12.1. The van der Waals surface area contributed by atoms with E-state index in [4.69, 9.17) is 0 Å². The molecular weight excluding hydrogens is 450 g/mol. The highest BCUT2D eigenvalue weighted by atomic mass is 32.2. The maximum absolute atomic E-state index is 13.2. The number of rotatable bonds is 7. The van der Waals surface area contributed by atoms with Crippen molar-refractivity contribution in [3.63, 3.8) is 0 Å². The third kappa shape index (κ3) is 5.55. The number of carbonyl (C=O) groups is 1. The topological polar surface area (TPSA) is 89.9 Å². The van der Waals surface area contributed by atoms with Gasteiger partial charge in [-0.05, 0) is 80.6 Å². The fourth-order valence-electron chi connectivity index (χ4n) is 5.02. The molecule has 0 amide bonds. The molecule has 2 aromatic carbocycles. The number of anilines is 2. The Kier molecular flexibility index (Phi) is 7.48. The normalized spacial score (nSPS) is 18.3. The molecule has 2 aliphatic rings. The van der Waals surface area contributed by atoms with Crippen molar-refractivity contribution in [1.82, 2.24) is 4.90 Å². The van der Waals surface area contributed by atoms with Gasteiger partial charge in [0.2, 0.25) is 0 Å². The van der Waals surface area contributed by atoms with E-state index < -0.39 is 16.0 Å². The maximum Gasteiger partial charge on any atom is 0.335 e. The average Bonchev–Trinajstić information content (AvgIpc) is 2.84. The lowest BCUT2D eigenvalue weighted by Gasteiger charge is -2.41. The Balaban J connectivity index is 1.55. The van der Waals surface area contributed by atoms with Crippen LogP contribution in [0.4, 0.5) is 11.4 Å². The largest absolute Gasteiger partial charge is 0.478 e. The van der Waals surface area contributed by atoms with Gasteiger partial charge >= 0.3 is 5.97 Å². The van der Waals surface area contributed by atoms with E-state index in [1.807, 2.05) is 12.1 Å². The zero-order chi connectivity index (χ0) is 24.3.